The summed E-state index contributed by atoms with van der Waals surface area (Å²) < 4.78 is 0. The normalized spacial score (nSPS) is 47.1. The van der Waals surface area contributed by atoms with Crippen LogP contribution in [-0.4, -0.2) is 12.6 Å². The lowest BCUT2D eigenvalue weighted by atomic mass is 9.81. The van der Waals surface area contributed by atoms with Crippen molar-refractivity contribution in [1.82, 2.24) is 5.32 Å². The van der Waals surface area contributed by atoms with Crippen molar-refractivity contribution in [3.63, 3.8) is 0 Å². The standard InChI is InChI=1S/C9H17N/c1-7-6-10-9-5-3-2-4-8(7)9/h7-10H,2-6H2,1H3/t7-,8?,9?/m1/s1. The largest absolute Gasteiger partial charge is 0.313 e. The maximum Gasteiger partial charge on any atom is 0.00984 e. The van der Waals surface area contributed by atoms with Crippen LogP contribution in [0.1, 0.15) is 32.6 Å². The van der Waals surface area contributed by atoms with Gasteiger partial charge in [0.05, 0.1) is 0 Å². The van der Waals surface area contributed by atoms with Crippen molar-refractivity contribution in [3.05, 3.63) is 0 Å². The molecular formula is C9H17N. The third-order valence-electron chi connectivity index (χ3n) is 3.25. The Hall–Kier alpha value is -0.0400. The summed E-state index contributed by atoms with van der Waals surface area (Å²) in [4.78, 5) is 0. The number of hydrogen-bond donors (Lipinski definition) is 1. The molecule has 2 unspecified atom stereocenters. The summed E-state index contributed by atoms with van der Waals surface area (Å²) in [6.07, 6.45) is 5.86. The van der Waals surface area contributed by atoms with Crippen molar-refractivity contribution in [2.45, 2.75) is 38.6 Å². The van der Waals surface area contributed by atoms with E-state index in [9.17, 15) is 0 Å². The molecule has 2 rings (SSSR count). The Kier molecular flexibility index (Phi) is 1.69. The molecule has 1 aliphatic heterocycles. The Bertz CT molecular complexity index is 120. The summed E-state index contributed by atoms with van der Waals surface area (Å²) >= 11 is 0. The molecule has 1 aliphatic carbocycles. The van der Waals surface area contributed by atoms with Gasteiger partial charge in [-0.3, -0.25) is 0 Å². The van der Waals surface area contributed by atoms with Crippen LogP contribution in [0, 0.1) is 11.8 Å². The van der Waals surface area contributed by atoms with E-state index in [4.69, 9.17) is 0 Å². The predicted molar refractivity (Wildman–Crippen MR) is 42.9 cm³/mol. The van der Waals surface area contributed by atoms with E-state index >= 15 is 0 Å². The molecule has 0 amide bonds. The molecule has 2 aliphatic rings. The first kappa shape index (κ1) is 6.66. The lowest BCUT2D eigenvalue weighted by Crippen LogP contribution is -2.29. The van der Waals surface area contributed by atoms with E-state index < -0.39 is 0 Å². The second kappa shape index (κ2) is 2.54. The van der Waals surface area contributed by atoms with E-state index in [1.807, 2.05) is 0 Å². The SMILES string of the molecule is C[C@@H]1CNC2CCCCC21. The minimum Gasteiger partial charge on any atom is -0.313 e. The fourth-order valence-corrected chi connectivity index (χ4v) is 2.58. The number of hydrogen-bond acceptors (Lipinski definition) is 1. The van der Waals surface area contributed by atoms with Gasteiger partial charge in [-0.25, -0.2) is 0 Å². The van der Waals surface area contributed by atoms with Crippen molar-refractivity contribution in [1.29, 1.82) is 0 Å². The molecule has 10 heavy (non-hydrogen) atoms. The summed E-state index contributed by atoms with van der Waals surface area (Å²) in [6, 6.07) is 0.892. The summed E-state index contributed by atoms with van der Waals surface area (Å²) in [5.41, 5.74) is 0. The zero-order valence-corrected chi connectivity index (χ0v) is 6.77. The van der Waals surface area contributed by atoms with Crippen LogP contribution in [0.15, 0.2) is 0 Å². The van der Waals surface area contributed by atoms with Crippen molar-refractivity contribution in [2.24, 2.45) is 11.8 Å². The van der Waals surface area contributed by atoms with Crippen molar-refractivity contribution >= 4 is 0 Å². The van der Waals surface area contributed by atoms with Gasteiger partial charge in [-0.05, 0) is 31.2 Å². The van der Waals surface area contributed by atoms with Crippen LogP contribution in [0.4, 0.5) is 0 Å². The molecule has 1 heteroatoms. The zero-order valence-electron chi connectivity index (χ0n) is 6.77. The second-order valence-corrected chi connectivity index (χ2v) is 3.94. The minimum absolute atomic E-state index is 0.892. The predicted octanol–water partition coefficient (Wildman–Crippen LogP) is 1.78. The van der Waals surface area contributed by atoms with Crippen molar-refractivity contribution in [3.8, 4) is 0 Å². The van der Waals surface area contributed by atoms with E-state index in [1.54, 1.807) is 0 Å². The molecule has 3 atom stereocenters. The van der Waals surface area contributed by atoms with Gasteiger partial charge in [-0.2, -0.15) is 0 Å². The maximum atomic E-state index is 3.61. The first-order chi connectivity index (χ1) is 4.88. The molecule has 1 N–H and O–H groups in total. The van der Waals surface area contributed by atoms with Crippen LogP contribution in [0.25, 0.3) is 0 Å². The van der Waals surface area contributed by atoms with Gasteiger partial charge in [-0.1, -0.05) is 19.8 Å². The van der Waals surface area contributed by atoms with Crippen LogP contribution in [0.2, 0.25) is 0 Å². The molecule has 0 aromatic carbocycles. The Morgan fingerprint density at radius 2 is 2.00 bits per heavy atom. The minimum atomic E-state index is 0.892. The summed E-state index contributed by atoms with van der Waals surface area (Å²) in [5.74, 6) is 1.97. The third kappa shape index (κ3) is 0.968. The van der Waals surface area contributed by atoms with Gasteiger partial charge >= 0.3 is 0 Å². The average molecular weight is 139 g/mol. The number of nitrogens with one attached hydrogen (secondary N) is 1. The Balaban J connectivity index is 2.01. The lowest BCUT2D eigenvalue weighted by Gasteiger charge is -2.26. The summed E-state index contributed by atoms with van der Waals surface area (Å²) in [6.45, 7) is 3.66. The van der Waals surface area contributed by atoms with E-state index in [0.717, 1.165) is 17.9 Å². The van der Waals surface area contributed by atoms with E-state index in [1.165, 1.54) is 32.2 Å². The highest BCUT2D eigenvalue weighted by Gasteiger charge is 2.34. The molecule has 0 aromatic heterocycles. The van der Waals surface area contributed by atoms with Gasteiger partial charge in [0.1, 0.15) is 0 Å². The van der Waals surface area contributed by atoms with Crippen molar-refractivity contribution < 1.29 is 0 Å². The van der Waals surface area contributed by atoms with E-state index in [-0.39, 0.29) is 0 Å². The molecular weight excluding hydrogens is 122 g/mol. The van der Waals surface area contributed by atoms with Crippen LogP contribution in [0.5, 0.6) is 0 Å². The molecule has 2 fully saturated rings. The molecule has 0 bridgehead atoms. The molecule has 1 saturated carbocycles. The molecule has 1 nitrogen and oxygen atoms in total. The van der Waals surface area contributed by atoms with Gasteiger partial charge in [0.25, 0.3) is 0 Å². The van der Waals surface area contributed by atoms with Crippen LogP contribution in [0.3, 0.4) is 0 Å². The highest BCUT2D eigenvalue weighted by molar-refractivity contribution is 4.90. The molecule has 1 heterocycles. The Labute approximate surface area is 63.2 Å². The first-order valence-corrected chi connectivity index (χ1v) is 4.61. The Morgan fingerprint density at radius 1 is 1.20 bits per heavy atom. The van der Waals surface area contributed by atoms with Gasteiger partial charge in [-0.15, -0.1) is 0 Å². The van der Waals surface area contributed by atoms with E-state index in [2.05, 4.69) is 12.2 Å². The fraction of sp³-hybridized carbons (Fsp3) is 1.00. The highest BCUT2D eigenvalue weighted by atomic mass is 15.0. The smallest absolute Gasteiger partial charge is 0.00984 e. The van der Waals surface area contributed by atoms with Gasteiger partial charge in [0.15, 0.2) is 0 Å². The molecule has 0 radical (unpaired) electrons. The summed E-state index contributed by atoms with van der Waals surface area (Å²) in [5, 5.41) is 3.61. The van der Waals surface area contributed by atoms with Crippen molar-refractivity contribution in [2.75, 3.05) is 6.54 Å². The maximum absolute atomic E-state index is 3.61. The van der Waals surface area contributed by atoms with E-state index in [0.29, 0.717) is 0 Å². The molecule has 58 valence electrons. The molecule has 0 spiro atoms. The quantitative estimate of drug-likeness (QED) is 0.539. The van der Waals surface area contributed by atoms with Gasteiger partial charge in [0.2, 0.25) is 0 Å². The highest BCUT2D eigenvalue weighted by Crippen LogP contribution is 2.33. The van der Waals surface area contributed by atoms with Crippen LogP contribution >= 0.6 is 0 Å². The summed E-state index contributed by atoms with van der Waals surface area (Å²) in [7, 11) is 0. The number of rotatable bonds is 0. The Morgan fingerprint density at radius 3 is 2.80 bits per heavy atom. The average Bonchev–Trinajstić information content (AvgIpc) is 2.34. The lowest BCUT2D eigenvalue weighted by molar-refractivity contribution is 0.285. The fourth-order valence-electron chi connectivity index (χ4n) is 2.58. The van der Waals surface area contributed by atoms with Gasteiger partial charge < -0.3 is 5.32 Å². The van der Waals surface area contributed by atoms with Gasteiger partial charge in [0, 0.05) is 6.04 Å². The number of fused-ring (bicyclic) bond motifs is 1. The monoisotopic (exact) mass is 139 g/mol. The van der Waals surface area contributed by atoms with Crippen LogP contribution in [-0.2, 0) is 0 Å². The topological polar surface area (TPSA) is 12.0 Å². The van der Waals surface area contributed by atoms with Crippen LogP contribution < -0.4 is 5.32 Å². The third-order valence-corrected chi connectivity index (χ3v) is 3.25. The second-order valence-electron chi connectivity index (χ2n) is 3.94. The molecule has 0 aromatic rings. The first-order valence-electron chi connectivity index (χ1n) is 4.61. The molecule has 1 saturated heterocycles. The zero-order chi connectivity index (χ0) is 6.97.